The number of nitrogens with two attached hydrogens (primary N) is 1. The SMILES string of the molecule is Cc1cc(C)c2nc(C3CC3)cc(C(=O)N3CCC(C)(CN)C3)c2c1. The van der Waals surface area contributed by atoms with E-state index in [0.29, 0.717) is 12.5 Å². The van der Waals surface area contributed by atoms with E-state index in [9.17, 15) is 4.79 Å². The van der Waals surface area contributed by atoms with Crippen molar-refractivity contribution >= 4 is 16.8 Å². The lowest BCUT2D eigenvalue weighted by atomic mass is 9.90. The van der Waals surface area contributed by atoms with Gasteiger partial charge in [0.15, 0.2) is 0 Å². The van der Waals surface area contributed by atoms with Gasteiger partial charge in [-0.25, -0.2) is 0 Å². The monoisotopic (exact) mass is 337 g/mol. The molecule has 1 amide bonds. The van der Waals surface area contributed by atoms with Gasteiger partial charge in [-0.3, -0.25) is 9.78 Å². The lowest BCUT2D eigenvalue weighted by Crippen LogP contribution is -2.34. The fourth-order valence-electron chi connectivity index (χ4n) is 4.00. The van der Waals surface area contributed by atoms with Crippen LogP contribution in [0.2, 0.25) is 0 Å². The predicted molar refractivity (Wildman–Crippen MR) is 101 cm³/mol. The molecule has 0 spiro atoms. The molecule has 1 saturated heterocycles. The quantitative estimate of drug-likeness (QED) is 0.932. The second-order valence-corrected chi connectivity index (χ2v) is 8.34. The summed E-state index contributed by atoms with van der Waals surface area (Å²) in [6.45, 7) is 8.51. The topological polar surface area (TPSA) is 59.2 Å². The van der Waals surface area contributed by atoms with E-state index in [2.05, 4.69) is 39.0 Å². The molecule has 25 heavy (non-hydrogen) atoms. The van der Waals surface area contributed by atoms with Crippen LogP contribution in [0.1, 0.15) is 59.3 Å². The third-order valence-electron chi connectivity index (χ3n) is 5.83. The average molecular weight is 337 g/mol. The number of pyridine rings is 1. The van der Waals surface area contributed by atoms with Gasteiger partial charge in [0.25, 0.3) is 5.91 Å². The Kier molecular flexibility index (Phi) is 3.84. The molecule has 1 aromatic heterocycles. The van der Waals surface area contributed by atoms with Crippen LogP contribution in [0.25, 0.3) is 10.9 Å². The van der Waals surface area contributed by atoms with Gasteiger partial charge < -0.3 is 10.6 Å². The van der Waals surface area contributed by atoms with Crippen molar-refractivity contribution in [2.75, 3.05) is 19.6 Å². The van der Waals surface area contributed by atoms with E-state index < -0.39 is 0 Å². The van der Waals surface area contributed by atoms with E-state index in [1.54, 1.807) is 0 Å². The second kappa shape index (κ2) is 5.80. The maximum Gasteiger partial charge on any atom is 0.254 e. The number of hydrogen-bond acceptors (Lipinski definition) is 3. The Balaban J connectivity index is 1.81. The molecule has 1 aliphatic heterocycles. The van der Waals surface area contributed by atoms with Crippen LogP contribution in [-0.2, 0) is 0 Å². The van der Waals surface area contributed by atoms with Gasteiger partial charge in [0.1, 0.15) is 0 Å². The molecule has 1 aliphatic carbocycles. The summed E-state index contributed by atoms with van der Waals surface area (Å²) in [6, 6.07) is 6.32. The van der Waals surface area contributed by atoms with Gasteiger partial charge in [0.05, 0.1) is 11.1 Å². The Morgan fingerprint density at radius 2 is 2.08 bits per heavy atom. The number of rotatable bonds is 3. The number of benzene rings is 1. The Morgan fingerprint density at radius 1 is 1.32 bits per heavy atom. The zero-order valence-electron chi connectivity index (χ0n) is 15.4. The van der Waals surface area contributed by atoms with E-state index in [4.69, 9.17) is 10.7 Å². The van der Waals surface area contributed by atoms with Crippen molar-refractivity contribution in [3.63, 3.8) is 0 Å². The fraction of sp³-hybridized carbons (Fsp3) is 0.524. The molecule has 4 rings (SSSR count). The summed E-state index contributed by atoms with van der Waals surface area (Å²) in [5, 5.41) is 0.994. The minimum Gasteiger partial charge on any atom is -0.338 e. The third kappa shape index (κ3) is 2.93. The number of likely N-dealkylation sites (tertiary alicyclic amines) is 1. The van der Waals surface area contributed by atoms with Crippen LogP contribution in [0.5, 0.6) is 0 Å². The van der Waals surface area contributed by atoms with Crippen LogP contribution in [0.15, 0.2) is 18.2 Å². The minimum absolute atomic E-state index is 0.0453. The molecule has 2 N–H and O–H groups in total. The molecule has 2 fully saturated rings. The smallest absolute Gasteiger partial charge is 0.254 e. The average Bonchev–Trinajstić information content (AvgIpc) is 3.36. The molecular weight excluding hydrogens is 310 g/mol. The van der Waals surface area contributed by atoms with Gasteiger partial charge in [0, 0.05) is 30.1 Å². The highest BCUT2D eigenvalue weighted by molar-refractivity contribution is 6.07. The number of aromatic nitrogens is 1. The van der Waals surface area contributed by atoms with Crippen LogP contribution in [0.3, 0.4) is 0 Å². The first-order valence-electron chi connectivity index (χ1n) is 9.31. The molecule has 1 aromatic carbocycles. The lowest BCUT2D eigenvalue weighted by Gasteiger charge is -2.23. The van der Waals surface area contributed by atoms with Gasteiger partial charge in [-0.15, -0.1) is 0 Å². The fourth-order valence-corrected chi connectivity index (χ4v) is 4.00. The summed E-state index contributed by atoms with van der Waals surface area (Å²) < 4.78 is 0. The summed E-state index contributed by atoms with van der Waals surface area (Å²) in [5.74, 6) is 0.668. The van der Waals surface area contributed by atoms with Gasteiger partial charge in [-0.2, -0.15) is 0 Å². The van der Waals surface area contributed by atoms with E-state index in [1.807, 2.05) is 4.90 Å². The summed E-state index contributed by atoms with van der Waals surface area (Å²) in [4.78, 5) is 20.2. The number of amides is 1. The van der Waals surface area contributed by atoms with Gasteiger partial charge in [0.2, 0.25) is 0 Å². The summed E-state index contributed by atoms with van der Waals surface area (Å²) in [5.41, 5.74) is 11.2. The highest BCUT2D eigenvalue weighted by Crippen LogP contribution is 2.41. The molecule has 0 bridgehead atoms. The van der Waals surface area contributed by atoms with E-state index in [-0.39, 0.29) is 11.3 Å². The Morgan fingerprint density at radius 3 is 2.72 bits per heavy atom. The van der Waals surface area contributed by atoms with Gasteiger partial charge in [-0.1, -0.05) is 18.6 Å². The maximum atomic E-state index is 13.3. The second-order valence-electron chi connectivity index (χ2n) is 8.34. The molecule has 1 saturated carbocycles. The van der Waals surface area contributed by atoms with E-state index in [1.165, 1.54) is 18.4 Å². The number of carbonyl (C=O) groups is 1. The summed E-state index contributed by atoms with van der Waals surface area (Å²) >= 11 is 0. The largest absolute Gasteiger partial charge is 0.338 e. The highest BCUT2D eigenvalue weighted by Gasteiger charge is 2.36. The van der Waals surface area contributed by atoms with E-state index in [0.717, 1.165) is 47.2 Å². The number of aryl methyl sites for hydroxylation is 2. The van der Waals surface area contributed by atoms with Crippen LogP contribution in [-0.4, -0.2) is 35.4 Å². The highest BCUT2D eigenvalue weighted by atomic mass is 16.2. The van der Waals surface area contributed by atoms with Crippen LogP contribution in [0, 0.1) is 19.3 Å². The van der Waals surface area contributed by atoms with Crippen LogP contribution in [0.4, 0.5) is 0 Å². The first kappa shape index (κ1) is 16.5. The molecule has 1 atom stereocenters. The molecular formula is C21H27N3O. The van der Waals surface area contributed by atoms with Crippen molar-refractivity contribution in [2.24, 2.45) is 11.1 Å². The summed E-state index contributed by atoms with van der Waals surface area (Å²) in [7, 11) is 0. The zero-order chi connectivity index (χ0) is 17.8. The van der Waals surface area contributed by atoms with Crippen molar-refractivity contribution in [1.82, 2.24) is 9.88 Å². The zero-order valence-corrected chi connectivity index (χ0v) is 15.4. The number of fused-ring (bicyclic) bond motifs is 1. The molecule has 0 radical (unpaired) electrons. The van der Waals surface area contributed by atoms with Crippen molar-refractivity contribution in [1.29, 1.82) is 0 Å². The van der Waals surface area contributed by atoms with Crippen molar-refractivity contribution in [3.8, 4) is 0 Å². The molecule has 1 unspecified atom stereocenters. The lowest BCUT2D eigenvalue weighted by molar-refractivity contribution is 0.0778. The van der Waals surface area contributed by atoms with Crippen molar-refractivity contribution in [3.05, 3.63) is 40.6 Å². The number of nitrogens with zero attached hydrogens (tertiary/aromatic N) is 2. The first-order valence-corrected chi connectivity index (χ1v) is 9.31. The third-order valence-corrected chi connectivity index (χ3v) is 5.83. The molecule has 2 aromatic rings. The van der Waals surface area contributed by atoms with Gasteiger partial charge >= 0.3 is 0 Å². The van der Waals surface area contributed by atoms with Crippen molar-refractivity contribution in [2.45, 2.75) is 46.0 Å². The standard InChI is InChI=1S/C21H27N3O/c1-13-8-14(2)19-16(9-13)17(10-18(23-19)15-4-5-15)20(25)24-7-6-21(3,11-22)12-24/h8-10,15H,4-7,11-12,22H2,1-3H3. The van der Waals surface area contributed by atoms with Crippen molar-refractivity contribution < 1.29 is 4.79 Å². The summed E-state index contributed by atoms with van der Waals surface area (Å²) in [6.07, 6.45) is 3.35. The molecule has 4 heteroatoms. The predicted octanol–water partition coefficient (Wildman–Crippen LogP) is 3.54. The van der Waals surface area contributed by atoms with Crippen LogP contribution >= 0.6 is 0 Å². The van der Waals surface area contributed by atoms with Crippen LogP contribution < -0.4 is 5.73 Å². The molecule has 4 nitrogen and oxygen atoms in total. The molecule has 2 heterocycles. The minimum atomic E-state index is 0.0453. The number of carbonyl (C=O) groups excluding carboxylic acids is 1. The first-order chi connectivity index (χ1) is 11.9. The molecule has 132 valence electrons. The Hall–Kier alpha value is -1.94. The Bertz CT molecular complexity index is 856. The molecule has 2 aliphatic rings. The van der Waals surface area contributed by atoms with Gasteiger partial charge in [-0.05, 0) is 62.8 Å². The normalized spacial score (nSPS) is 23.4. The van der Waals surface area contributed by atoms with E-state index >= 15 is 0 Å². The maximum absolute atomic E-state index is 13.3. The Labute approximate surface area is 149 Å². The number of hydrogen-bond donors (Lipinski definition) is 1.